The minimum absolute atomic E-state index is 0.0756. The first-order chi connectivity index (χ1) is 14.7. The highest BCUT2D eigenvalue weighted by atomic mass is 19.4. The van der Waals surface area contributed by atoms with Crippen LogP contribution in [0, 0.1) is 0 Å². The van der Waals surface area contributed by atoms with Gasteiger partial charge < -0.3 is 9.88 Å². The van der Waals surface area contributed by atoms with Gasteiger partial charge in [-0.05, 0) is 46.8 Å². The molecule has 0 saturated carbocycles. The summed E-state index contributed by atoms with van der Waals surface area (Å²) in [7, 11) is 0. The number of halogens is 3. The van der Waals surface area contributed by atoms with E-state index in [0.717, 1.165) is 5.56 Å². The number of nitrogens with one attached hydrogen (secondary N) is 2. The third kappa shape index (κ3) is 4.20. The Kier molecular flexibility index (Phi) is 5.10. The first-order valence-electron chi connectivity index (χ1n) is 9.33. The molecule has 0 spiro atoms. The van der Waals surface area contributed by atoms with Crippen LogP contribution >= 0.6 is 0 Å². The van der Waals surface area contributed by atoms with E-state index in [2.05, 4.69) is 15.5 Å². The van der Waals surface area contributed by atoms with Gasteiger partial charge in [0.2, 0.25) is 5.91 Å². The average Bonchev–Trinajstić information content (AvgIpc) is 3.20. The smallest absolute Gasteiger partial charge is 0.326 e. The number of fused-ring (bicyclic) bond motifs is 1. The fourth-order valence-corrected chi connectivity index (χ4v) is 3.45. The molecule has 4 rings (SSSR count). The lowest BCUT2D eigenvalue weighted by Crippen LogP contribution is -2.20. The van der Waals surface area contributed by atoms with Crippen LogP contribution in [0.2, 0.25) is 0 Å². The van der Waals surface area contributed by atoms with Crippen LogP contribution in [0.5, 0.6) is 0 Å². The summed E-state index contributed by atoms with van der Waals surface area (Å²) < 4.78 is 40.9. The molecule has 2 aromatic carbocycles. The quantitative estimate of drug-likeness (QED) is 0.507. The van der Waals surface area contributed by atoms with Gasteiger partial charge >= 0.3 is 6.18 Å². The maximum atomic E-state index is 13.1. The predicted octanol–water partition coefficient (Wildman–Crippen LogP) is 4.42. The molecule has 0 fully saturated rings. The molecule has 9 heteroatoms. The van der Waals surface area contributed by atoms with Crippen molar-refractivity contribution in [1.82, 2.24) is 14.8 Å². The molecular formula is C22H17F3N4O2. The van der Waals surface area contributed by atoms with E-state index in [4.69, 9.17) is 0 Å². The van der Waals surface area contributed by atoms with Crippen molar-refractivity contribution in [2.75, 3.05) is 5.32 Å². The Morgan fingerprint density at radius 3 is 2.71 bits per heavy atom. The lowest BCUT2D eigenvalue weighted by atomic mass is 10.0. The number of hydrogen-bond donors (Lipinski definition) is 2. The molecule has 0 saturated heterocycles. The molecule has 2 N–H and O–H groups in total. The van der Waals surface area contributed by atoms with Gasteiger partial charge in [0.05, 0.1) is 6.54 Å². The fourth-order valence-electron chi connectivity index (χ4n) is 3.45. The van der Waals surface area contributed by atoms with Gasteiger partial charge in [-0.1, -0.05) is 18.2 Å². The zero-order chi connectivity index (χ0) is 22.2. The third-order valence-electron chi connectivity index (χ3n) is 4.80. The van der Waals surface area contributed by atoms with E-state index >= 15 is 0 Å². The summed E-state index contributed by atoms with van der Waals surface area (Å²) in [4.78, 5) is 24.2. The van der Waals surface area contributed by atoms with Crippen molar-refractivity contribution < 1.29 is 18.0 Å². The summed E-state index contributed by atoms with van der Waals surface area (Å²) in [6.07, 6.45) is -1.80. The number of H-pyrrole nitrogens is 1. The number of nitrogens with zero attached hydrogens (tertiary/aromatic N) is 2. The number of benzene rings is 2. The molecule has 0 bridgehead atoms. The summed E-state index contributed by atoms with van der Waals surface area (Å²) in [6, 6.07) is 13.4. The van der Waals surface area contributed by atoms with Crippen LogP contribution in [0.15, 0.2) is 65.7 Å². The number of amides is 1. The Bertz CT molecular complexity index is 1340. The van der Waals surface area contributed by atoms with Crippen LogP contribution < -0.4 is 10.9 Å². The van der Waals surface area contributed by atoms with Crippen LogP contribution in [-0.4, -0.2) is 20.7 Å². The number of anilines is 1. The molecule has 2 aromatic heterocycles. The van der Waals surface area contributed by atoms with Gasteiger partial charge in [-0.15, -0.1) is 0 Å². The van der Waals surface area contributed by atoms with E-state index in [1.54, 1.807) is 36.5 Å². The molecule has 0 atom stereocenters. The summed E-state index contributed by atoms with van der Waals surface area (Å²) in [5.41, 5.74) is 0.417. The van der Waals surface area contributed by atoms with Crippen molar-refractivity contribution in [3.8, 4) is 11.1 Å². The van der Waals surface area contributed by atoms with Crippen molar-refractivity contribution in [2.24, 2.45) is 0 Å². The standard InChI is InChI=1S/C22H17F3N4O2/c1-13(30)27-17-4-2-3-14(9-17)12-29-8-7-16-10-15(5-6-18(16)21(29)31)19-11-26-28-20(19)22(23,24)25/h2-11H,12H2,1H3,(H,26,28)(H,27,30). The monoisotopic (exact) mass is 426 g/mol. The summed E-state index contributed by atoms with van der Waals surface area (Å²) >= 11 is 0. The largest absolute Gasteiger partial charge is 0.435 e. The molecule has 0 aliphatic carbocycles. The second-order valence-corrected chi connectivity index (χ2v) is 7.08. The number of hydrogen-bond acceptors (Lipinski definition) is 3. The molecule has 31 heavy (non-hydrogen) atoms. The van der Waals surface area contributed by atoms with E-state index in [1.807, 2.05) is 6.07 Å². The van der Waals surface area contributed by atoms with Crippen LogP contribution in [0.4, 0.5) is 18.9 Å². The topological polar surface area (TPSA) is 79.8 Å². The highest BCUT2D eigenvalue weighted by molar-refractivity contribution is 5.89. The normalized spacial score (nSPS) is 11.6. The molecule has 6 nitrogen and oxygen atoms in total. The van der Waals surface area contributed by atoms with Gasteiger partial charge in [0.15, 0.2) is 5.69 Å². The lowest BCUT2D eigenvalue weighted by Gasteiger charge is -2.11. The highest BCUT2D eigenvalue weighted by Gasteiger charge is 2.36. The van der Waals surface area contributed by atoms with E-state index in [0.29, 0.717) is 22.0 Å². The van der Waals surface area contributed by atoms with Crippen molar-refractivity contribution in [3.05, 3.63) is 82.5 Å². The number of pyridine rings is 1. The number of aromatic nitrogens is 3. The van der Waals surface area contributed by atoms with E-state index in [9.17, 15) is 22.8 Å². The number of aromatic amines is 1. The lowest BCUT2D eigenvalue weighted by molar-refractivity contribution is -0.140. The molecule has 0 unspecified atom stereocenters. The van der Waals surface area contributed by atoms with Crippen molar-refractivity contribution >= 4 is 22.4 Å². The molecule has 0 radical (unpaired) electrons. The van der Waals surface area contributed by atoms with E-state index < -0.39 is 11.9 Å². The number of alkyl halides is 3. The fraction of sp³-hybridized carbons (Fsp3) is 0.136. The zero-order valence-corrected chi connectivity index (χ0v) is 16.3. The van der Waals surface area contributed by atoms with Gasteiger partial charge in [-0.2, -0.15) is 18.3 Å². The van der Waals surface area contributed by atoms with Crippen molar-refractivity contribution in [2.45, 2.75) is 19.6 Å². The van der Waals surface area contributed by atoms with Crippen molar-refractivity contribution in [3.63, 3.8) is 0 Å². The van der Waals surface area contributed by atoms with Crippen molar-refractivity contribution in [1.29, 1.82) is 0 Å². The Balaban J connectivity index is 1.68. The Labute approximate surface area is 174 Å². The maximum Gasteiger partial charge on any atom is 0.435 e. The Hall–Kier alpha value is -3.88. The minimum Gasteiger partial charge on any atom is -0.326 e. The molecule has 0 aliphatic rings. The van der Waals surface area contributed by atoms with E-state index in [-0.39, 0.29) is 23.6 Å². The van der Waals surface area contributed by atoms with Crippen LogP contribution in [-0.2, 0) is 17.5 Å². The molecule has 0 aliphatic heterocycles. The molecule has 4 aromatic rings. The third-order valence-corrected chi connectivity index (χ3v) is 4.80. The highest BCUT2D eigenvalue weighted by Crippen LogP contribution is 2.36. The first kappa shape index (κ1) is 20.4. The zero-order valence-electron chi connectivity index (χ0n) is 16.3. The number of carbonyl (C=O) groups is 1. The molecule has 158 valence electrons. The summed E-state index contributed by atoms with van der Waals surface area (Å²) in [6.45, 7) is 1.69. The Morgan fingerprint density at radius 1 is 1.16 bits per heavy atom. The van der Waals surface area contributed by atoms with Crippen LogP contribution in [0.3, 0.4) is 0 Å². The van der Waals surface area contributed by atoms with Gasteiger partial charge in [-0.25, -0.2) is 0 Å². The molecule has 1 amide bonds. The SMILES string of the molecule is CC(=O)Nc1cccc(Cn2ccc3cc(-c4c[nH]nc4C(F)(F)F)ccc3c2=O)c1. The average molecular weight is 426 g/mol. The Morgan fingerprint density at radius 2 is 1.97 bits per heavy atom. The number of rotatable bonds is 4. The first-order valence-corrected chi connectivity index (χ1v) is 9.33. The predicted molar refractivity (Wildman–Crippen MR) is 111 cm³/mol. The van der Waals surface area contributed by atoms with Gasteiger partial charge in [0.25, 0.3) is 5.56 Å². The molecule has 2 heterocycles. The van der Waals surface area contributed by atoms with Gasteiger partial charge in [-0.3, -0.25) is 14.7 Å². The van der Waals surface area contributed by atoms with Gasteiger partial charge in [0.1, 0.15) is 0 Å². The van der Waals surface area contributed by atoms with E-state index in [1.165, 1.54) is 29.8 Å². The molecular weight excluding hydrogens is 409 g/mol. The van der Waals surface area contributed by atoms with Crippen LogP contribution in [0.1, 0.15) is 18.2 Å². The minimum atomic E-state index is -4.58. The van der Waals surface area contributed by atoms with Crippen LogP contribution in [0.25, 0.3) is 21.9 Å². The second-order valence-electron chi connectivity index (χ2n) is 7.08. The summed E-state index contributed by atoms with van der Waals surface area (Å²) in [5.74, 6) is -0.192. The second kappa shape index (κ2) is 7.75. The maximum absolute atomic E-state index is 13.1. The van der Waals surface area contributed by atoms with Gasteiger partial charge in [0, 0.05) is 36.0 Å². The summed E-state index contributed by atoms with van der Waals surface area (Å²) in [5, 5.41) is 9.17. The number of carbonyl (C=O) groups excluding carboxylic acids is 1.